The van der Waals surface area contributed by atoms with Gasteiger partial charge in [-0.05, 0) is 38.8 Å². The average molecular weight is 178 g/mol. The second kappa shape index (κ2) is 3.69. The van der Waals surface area contributed by atoms with Crippen LogP contribution in [0.25, 0.3) is 0 Å². The van der Waals surface area contributed by atoms with Crippen molar-refractivity contribution in [3.05, 3.63) is 0 Å². The van der Waals surface area contributed by atoms with Crippen LogP contribution in [0.5, 0.6) is 0 Å². The molecular weight excluding hydrogens is 160 g/mol. The Hall–Kier alpha value is -0.520. The highest BCUT2D eigenvalue weighted by Gasteiger charge is 2.34. The molecule has 0 aromatic carbocycles. The monoisotopic (exact) mass is 178 g/mol. The number of hydrogen-bond acceptors (Lipinski definition) is 2. The van der Waals surface area contributed by atoms with Crippen molar-refractivity contribution in [1.82, 2.24) is 10.2 Å². The zero-order valence-electron chi connectivity index (χ0n) is 8.29. The van der Waals surface area contributed by atoms with E-state index in [1.165, 1.54) is 32.5 Å². The van der Waals surface area contributed by atoms with Crippen molar-refractivity contribution in [3.8, 4) is 12.3 Å². The number of rotatable bonds is 2. The van der Waals surface area contributed by atoms with E-state index >= 15 is 0 Å². The van der Waals surface area contributed by atoms with Gasteiger partial charge in [0.05, 0.1) is 6.04 Å². The molecule has 0 amide bonds. The van der Waals surface area contributed by atoms with Gasteiger partial charge in [-0.2, -0.15) is 0 Å². The largest absolute Gasteiger partial charge is 0.302 e. The van der Waals surface area contributed by atoms with Gasteiger partial charge in [0.1, 0.15) is 0 Å². The minimum absolute atomic E-state index is 0.227. The van der Waals surface area contributed by atoms with Gasteiger partial charge >= 0.3 is 0 Å². The Kier molecular flexibility index (Phi) is 2.57. The Bertz CT molecular complexity index is 211. The van der Waals surface area contributed by atoms with Crippen LogP contribution in [0.1, 0.15) is 19.8 Å². The molecule has 2 bridgehead atoms. The molecule has 2 atom stereocenters. The van der Waals surface area contributed by atoms with Gasteiger partial charge in [0.15, 0.2) is 0 Å². The van der Waals surface area contributed by atoms with E-state index in [-0.39, 0.29) is 6.04 Å². The highest BCUT2D eigenvalue weighted by molar-refractivity contribution is 5.00. The summed E-state index contributed by atoms with van der Waals surface area (Å²) >= 11 is 0. The number of nitrogens with one attached hydrogen (secondary N) is 1. The highest BCUT2D eigenvalue weighted by atomic mass is 15.2. The van der Waals surface area contributed by atoms with Crippen molar-refractivity contribution in [2.75, 3.05) is 19.6 Å². The molecule has 3 aliphatic heterocycles. The Balaban J connectivity index is 1.90. The van der Waals surface area contributed by atoms with E-state index in [2.05, 4.69) is 23.1 Å². The Morgan fingerprint density at radius 3 is 2.62 bits per heavy atom. The van der Waals surface area contributed by atoms with Crippen molar-refractivity contribution >= 4 is 0 Å². The first-order valence-corrected chi connectivity index (χ1v) is 5.24. The average Bonchev–Trinajstić information content (AvgIpc) is 2.19. The Morgan fingerprint density at radius 2 is 2.15 bits per heavy atom. The van der Waals surface area contributed by atoms with Crippen LogP contribution in [0.2, 0.25) is 0 Å². The zero-order valence-corrected chi connectivity index (χ0v) is 8.29. The van der Waals surface area contributed by atoms with Gasteiger partial charge in [0.2, 0.25) is 0 Å². The van der Waals surface area contributed by atoms with E-state index in [1.807, 2.05) is 0 Å². The molecule has 2 nitrogen and oxygen atoms in total. The van der Waals surface area contributed by atoms with Gasteiger partial charge in [-0.25, -0.2) is 0 Å². The van der Waals surface area contributed by atoms with Crippen LogP contribution < -0.4 is 5.32 Å². The lowest BCUT2D eigenvalue weighted by Crippen LogP contribution is -2.57. The molecule has 1 N–H and O–H groups in total. The van der Waals surface area contributed by atoms with Crippen molar-refractivity contribution in [3.63, 3.8) is 0 Å². The first-order chi connectivity index (χ1) is 6.29. The predicted octanol–water partition coefficient (Wildman–Crippen LogP) is 0.692. The standard InChI is InChI=1S/C11H18N2/c1-3-9(2)12-11-8-13-6-4-10(11)5-7-13/h1,9-12H,4-8H2,2H3. The maximum atomic E-state index is 5.36. The van der Waals surface area contributed by atoms with Gasteiger partial charge in [0, 0.05) is 12.6 Å². The van der Waals surface area contributed by atoms with E-state index in [0.29, 0.717) is 6.04 Å². The van der Waals surface area contributed by atoms with Crippen LogP contribution in [-0.2, 0) is 0 Å². The van der Waals surface area contributed by atoms with E-state index < -0.39 is 0 Å². The highest BCUT2D eigenvalue weighted by Crippen LogP contribution is 2.27. The Labute approximate surface area is 80.7 Å². The number of piperidine rings is 3. The summed E-state index contributed by atoms with van der Waals surface area (Å²) in [5.41, 5.74) is 0. The summed E-state index contributed by atoms with van der Waals surface area (Å²) < 4.78 is 0. The predicted molar refractivity (Wildman–Crippen MR) is 54.4 cm³/mol. The third kappa shape index (κ3) is 1.87. The SMILES string of the molecule is C#CC(C)NC1CN2CCC1CC2. The van der Waals surface area contributed by atoms with Crippen LogP contribution in [0.3, 0.4) is 0 Å². The number of hydrogen-bond donors (Lipinski definition) is 1. The molecule has 72 valence electrons. The van der Waals surface area contributed by atoms with Crippen LogP contribution in [-0.4, -0.2) is 36.6 Å². The van der Waals surface area contributed by atoms with Crippen LogP contribution in [0.4, 0.5) is 0 Å². The molecule has 0 spiro atoms. The summed E-state index contributed by atoms with van der Waals surface area (Å²) in [5.74, 6) is 3.62. The quantitative estimate of drug-likeness (QED) is 0.626. The van der Waals surface area contributed by atoms with E-state index in [9.17, 15) is 0 Å². The minimum Gasteiger partial charge on any atom is -0.302 e. The first-order valence-electron chi connectivity index (χ1n) is 5.24. The van der Waals surface area contributed by atoms with Gasteiger partial charge in [-0.1, -0.05) is 5.92 Å². The molecule has 2 heteroatoms. The van der Waals surface area contributed by atoms with Crippen LogP contribution in [0.15, 0.2) is 0 Å². The molecule has 3 aliphatic rings. The third-order valence-corrected chi connectivity index (χ3v) is 3.37. The van der Waals surface area contributed by atoms with E-state index in [1.54, 1.807) is 0 Å². The molecule has 0 aromatic heterocycles. The summed E-state index contributed by atoms with van der Waals surface area (Å²) in [5, 5.41) is 3.52. The summed E-state index contributed by atoms with van der Waals surface area (Å²) in [6.45, 7) is 5.87. The molecule has 0 radical (unpaired) electrons. The molecule has 0 aromatic rings. The fourth-order valence-corrected chi connectivity index (χ4v) is 2.52. The van der Waals surface area contributed by atoms with Crippen molar-refractivity contribution in [2.24, 2.45) is 5.92 Å². The van der Waals surface area contributed by atoms with Crippen LogP contribution >= 0.6 is 0 Å². The summed E-state index contributed by atoms with van der Waals surface area (Å²) in [4.78, 5) is 2.54. The lowest BCUT2D eigenvalue weighted by atomic mass is 9.84. The fourth-order valence-electron chi connectivity index (χ4n) is 2.52. The topological polar surface area (TPSA) is 15.3 Å². The normalized spacial score (nSPS) is 39.8. The smallest absolute Gasteiger partial charge is 0.0660 e. The number of fused-ring (bicyclic) bond motifs is 3. The second-order valence-corrected chi connectivity index (χ2v) is 4.30. The van der Waals surface area contributed by atoms with E-state index in [4.69, 9.17) is 6.42 Å². The van der Waals surface area contributed by atoms with Crippen molar-refractivity contribution < 1.29 is 0 Å². The molecule has 3 fully saturated rings. The van der Waals surface area contributed by atoms with E-state index in [0.717, 1.165) is 5.92 Å². The fraction of sp³-hybridized carbons (Fsp3) is 0.818. The third-order valence-electron chi connectivity index (χ3n) is 3.37. The van der Waals surface area contributed by atoms with Gasteiger partial charge in [0.25, 0.3) is 0 Å². The first kappa shape index (κ1) is 9.05. The lowest BCUT2D eigenvalue weighted by molar-refractivity contribution is 0.0709. The summed E-state index contributed by atoms with van der Waals surface area (Å²) in [7, 11) is 0. The maximum Gasteiger partial charge on any atom is 0.0660 e. The molecule has 2 unspecified atom stereocenters. The van der Waals surface area contributed by atoms with Gasteiger partial charge in [-0.15, -0.1) is 6.42 Å². The molecule has 0 saturated carbocycles. The molecule has 13 heavy (non-hydrogen) atoms. The van der Waals surface area contributed by atoms with Gasteiger partial charge in [-0.3, -0.25) is 5.32 Å². The molecule has 0 aliphatic carbocycles. The lowest BCUT2D eigenvalue weighted by Gasteiger charge is -2.45. The summed E-state index contributed by atoms with van der Waals surface area (Å²) in [6.07, 6.45) is 8.07. The molecule has 3 saturated heterocycles. The molecule has 3 heterocycles. The number of terminal acetylenes is 1. The van der Waals surface area contributed by atoms with Crippen molar-refractivity contribution in [1.29, 1.82) is 0 Å². The molecular formula is C11H18N2. The Morgan fingerprint density at radius 1 is 1.46 bits per heavy atom. The zero-order chi connectivity index (χ0) is 9.26. The summed E-state index contributed by atoms with van der Waals surface area (Å²) in [6, 6.07) is 0.874. The minimum atomic E-state index is 0.227. The second-order valence-electron chi connectivity index (χ2n) is 4.30. The maximum absolute atomic E-state index is 5.36. The van der Waals surface area contributed by atoms with Crippen LogP contribution in [0, 0.1) is 18.3 Å². The van der Waals surface area contributed by atoms with Crippen molar-refractivity contribution in [2.45, 2.75) is 31.8 Å². The van der Waals surface area contributed by atoms with Gasteiger partial charge < -0.3 is 4.90 Å². The number of nitrogens with zero attached hydrogens (tertiary/aromatic N) is 1. The molecule has 3 rings (SSSR count).